The average Bonchev–Trinajstić information content (AvgIpc) is 2.19. The molecule has 0 radical (unpaired) electrons. The average molecular weight is 271 g/mol. The third-order valence-electron chi connectivity index (χ3n) is 1.92. The Morgan fingerprint density at radius 2 is 1.89 bits per heavy atom. The molecule has 0 aromatic heterocycles. The SMILES string of the molecule is CC(C)(C)OC(=O)Nc1cc(O)cc(C(=O)O)c1F. The number of ether oxygens (including phenoxy) is 1. The summed E-state index contributed by atoms with van der Waals surface area (Å²) >= 11 is 0. The van der Waals surface area contributed by atoms with Gasteiger partial charge >= 0.3 is 12.1 Å². The zero-order chi connectivity index (χ0) is 14.8. The molecule has 19 heavy (non-hydrogen) atoms. The van der Waals surface area contributed by atoms with Crippen molar-refractivity contribution in [2.45, 2.75) is 26.4 Å². The van der Waals surface area contributed by atoms with Gasteiger partial charge in [-0.15, -0.1) is 0 Å². The second kappa shape index (κ2) is 5.13. The highest BCUT2D eigenvalue weighted by Gasteiger charge is 2.21. The number of carboxylic acid groups (broad SMARTS) is 1. The van der Waals surface area contributed by atoms with Crippen LogP contribution in [0.2, 0.25) is 0 Å². The van der Waals surface area contributed by atoms with Gasteiger partial charge in [0, 0.05) is 6.07 Å². The molecule has 0 heterocycles. The number of aromatic hydroxyl groups is 1. The summed E-state index contributed by atoms with van der Waals surface area (Å²) < 4.78 is 18.6. The Hall–Kier alpha value is -2.31. The Kier molecular flexibility index (Phi) is 3.98. The van der Waals surface area contributed by atoms with Crippen LogP contribution in [0.4, 0.5) is 14.9 Å². The molecule has 1 aromatic carbocycles. The summed E-state index contributed by atoms with van der Waals surface area (Å²) in [6.07, 6.45) is -0.951. The first-order valence-electron chi connectivity index (χ1n) is 5.36. The lowest BCUT2D eigenvalue weighted by Crippen LogP contribution is -2.27. The van der Waals surface area contributed by atoms with Crippen LogP contribution in [0.25, 0.3) is 0 Å². The molecule has 1 aromatic rings. The number of carbonyl (C=O) groups excluding carboxylic acids is 1. The summed E-state index contributed by atoms with van der Waals surface area (Å²) in [7, 11) is 0. The lowest BCUT2D eigenvalue weighted by atomic mass is 10.1. The van der Waals surface area contributed by atoms with Crippen molar-refractivity contribution in [1.82, 2.24) is 0 Å². The van der Waals surface area contributed by atoms with Gasteiger partial charge in [-0.2, -0.15) is 0 Å². The van der Waals surface area contributed by atoms with Gasteiger partial charge in [0.1, 0.15) is 16.9 Å². The Morgan fingerprint density at radius 1 is 1.32 bits per heavy atom. The first kappa shape index (κ1) is 14.7. The monoisotopic (exact) mass is 271 g/mol. The van der Waals surface area contributed by atoms with Crippen LogP contribution >= 0.6 is 0 Å². The minimum absolute atomic E-state index is 0.466. The van der Waals surface area contributed by atoms with E-state index in [2.05, 4.69) is 0 Å². The molecule has 0 unspecified atom stereocenters. The van der Waals surface area contributed by atoms with Crippen LogP contribution < -0.4 is 5.32 Å². The fourth-order valence-corrected chi connectivity index (χ4v) is 1.27. The van der Waals surface area contributed by atoms with Gasteiger partial charge in [0.2, 0.25) is 0 Å². The highest BCUT2D eigenvalue weighted by molar-refractivity contribution is 5.92. The first-order chi connectivity index (χ1) is 8.60. The van der Waals surface area contributed by atoms with Crippen LogP contribution in [0.5, 0.6) is 5.75 Å². The minimum atomic E-state index is -1.55. The summed E-state index contributed by atoms with van der Waals surface area (Å²) in [6.45, 7) is 4.86. The van der Waals surface area contributed by atoms with Crippen LogP contribution in [0.15, 0.2) is 12.1 Å². The minimum Gasteiger partial charge on any atom is -0.508 e. The molecular weight excluding hydrogens is 257 g/mol. The number of carbonyl (C=O) groups is 2. The molecule has 0 fully saturated rings. The van der Waals surface area contributed by atoms with E-state index >= 15 is 0 Å². The van der Waals surface area contributed by atoms with Gasteiger partial charge < -0.3 is 14.9 Å². The fourth-order valence-electron chi connectivity index (χ4n) is 1.27. The summed E-state index contributed by atoms with van der Waals surface area (Å²) in [4.78, 5) is 22.2. The quantitative estimate of drug-likeness (QED) is 0.768. The molecule has 6 nitrogen and oxygen atoms in total. The van der Waals surface area contributed by atoms with E-state index in [1.807, 2.05) is 5.32 Å². The van der Waals surface area contributed by atoms with Crippen LogP contribution in [-0.4, -0.2) is 27.9 Å². The lowest BCUT2D eigenvalue weighted by Gasteiger charge is -2.20. The van der Waals surface area contributed by atoms with E-state index in [0.29, 0.717) is 0 Å². The van der Waals surface area contributed by atoms with Gasteiger partial charge in [-0.3, -0.25) is 5.32 Å². The number of amides is 1. The van der Waals surface area contributed by atoms with E-state index in [9.17, 15) is 19.1 Å². The second-order valence-electron chi connectivity index (χ2n) is 4.79. The van der Waals surface area contributed by atoms with Gasteiger partial charge in [0.05, 0.1) is 5.69 Å². The van der Waals surface area contributed by atoms with Gasteiger partial charge in [-0.05, 0) is 26.8 Å². The number of benzene rings is 1. The van der Waals surface area contributed by atoms with Crippen molar-refractivity contribution in [2.75, 3.05) is 5.32 Å². The van der Waals surface area contributed by atoms with Gasteiger partial charge in [-0.25, -0.2) is 14.0 Å². The number of phenolic OH excluding ortho intramolecular Hbond substituents is 1. The summed E-state index contributed by atoms with van der Waals surface area (Å²) in [5, 5.41) is 20.1. The van der Waals surface area contributed by atoms with Gasteiger partial charge in [-0.1, -0.05) is 0 Å². The molecule has 7 heteroatoms. The topological polar surface area (TPSA) is 95.9 Å². The van der Waals surface area contributed by atoms with Crippen molar-refractivity contribution in [3.05, 3.63) is 23.5 Å². The maximum atomic E-state index is 13.7. The third kappa shape index (κ3) is 4.13. The molecule has 0 atom stereocenters. The molecule has 0 bridgehead atoms. The van der Waals surface area contributed by atoms with Crippen molar-refractivity contribution >= 4 is 17.7 Å². The predicted octanol–water partition coefficient (Wildman–Crippen LogP) is 2.58. The van der Waals surface area contributed by atoms with E-state index in [1.165, 1.54) is 0 Å². The van der Waals surface area contributed by atoms with Crippen molar-refractivity contribution in [1.29, 1.82) is 0 Å². The molecule has 0 spiro atoms. The standard InChI is InChI=1S/C12H14FNO5/c1-12(2,3)19-11(18)14-8-5-6(15)4-7(9(8)13)10(16)17/h4-5,15H,1-3H3,(H,14,18)(H,16,17). The van der Waals surface area contributed by atoms with Crippen LogP contribution in [-0.2, 0) is 4.74 Å². The highest BCUT2D eigenvalue weighted by atomic mass is 19.1. The molecule has 0 saturated heterocycles. The van der Waals surface area contributed by atoms with E-state index < -0.39 is 40.5 Å². The van der Waals surface area contributed by atoms with E-state index in [-0.39, 0.29) is 0 Å². The zero-order valence-electron chi connectivity index (χ0n) is 10.7. The highest BCUT2D eigenvalue weighted by Crippen LogP contribution is 2.25. The smallest absolute Gasteiger partial charge is 0.412 e. The normalized spacial score (nSPS) is 10.9. The Balaban J connectivity index is 3.02. The third-order valence-corrected chi connectivity index (χ3v) is 1.92. The number of halogens is 1. The van der Waals surface area contributed by atoms with E-state index in [4.69, 9.17) is 9.84 Å². The number of anilines is 1. The molecule has 0 saturated carbocycles. The lowest BCUT2D eigenvalue weighted by molar-refractivity contribution is 0.0631. The number of carboxylic acids is 1. The number of hydrogen-bond acceptors (Lipinski definition) is 4. The van der Waals surface area contributed by atoms with E-state index in [1.54, 1.807) is 20.8 Å². The maximum Gasteiger partial charge on any atom is 0.412 e. The number of nitrogens with one attached hydrogen (secondary N) is 1. The molecular formula is C12H14FNO5. The number of rotatable bonds is 2. The van der Waals surface area contributed by atoms with Crippen LogP contribution in [0, 0.1) is 5.82 Å². The predicted molar refractivity (Wildman–Crippen MR) is 64.9 cm³/mol. The summed E-state index contributed by atoms with van der Waals surface area (Å²) in [6, 6.07) is 1.64. The van der Waals surface area contributed by atoms with Crippen LogP contribution in [0.3, 0.4) is 0 Å². The Morgan fingerprint density at radius 3 is 2.37 bits per heavy atom. The molecule has 104 valence electrons. The maximum absolute atomic E-state index is 13.7. The van der Waals surface area contributed by atoms with Crippen molar-refractivity contribution in [3.8, 4) is 5.75 Å². The molecule has 3 N–H and O–H groups in total. The zero-order valence-corrected chi connectivity index (χ0v) is 10.7. The molecule has 0 aliphatic heterocycles. The van der Waals surface area contributed by atoms with Gasteiger partial charge in [0.15, 0.2) is 5.82 Å². The first-order valence-corrected chi connectivity index (χ1v) is 5.36. The van der Waals surface area contributed by atoms with Gasteiger partial charge in [0.25, 0.3) is 0 Å². The van der Waals surface area contributed by atoms with Crippen LogP contribution in [0.1, 0.15) is 31.1 Å². The fraction of sp³-hybridized carbons (Fsp3) is 0.333. The van der Waals surface area contributed by atoms with Crippen molar-refractivity contribution < 1.29 is 28.9 Å². The molecule has 1 rings (SSSR count). The number of hydrogen-bond donors (Lipinski definition) is 3. The molecule has 0 aliphatic carbocycles. The largest absolute Gasteiger partial charge is 0.508 e. The summed E-state index contributed by atoms with van der Waals surface area (Å²) in [5.41, 5.74) is -2.00. The summed E-state index contributed by atoms with van der Waals surface area (Å²) in [5.74, 6) is -3.19. The second-order valence-corrected chi connectivity index (χ2v) is 4.79. The Labute approximate surface area is 108 Å². The Bertz CT molecular complexity index is 522. The molecule has 1 amide bonds. The number of aromatic carboxylic acids is 1. The molecule has 0 aliphatic rings. The van der Waals surface area contributed by atoms with Crippen molar-refractivity contribution in [3.63, 3.8) is 0 Å². The van der Waals surface area contributed by atoms with E-state index in [0.717, 1.165) is 12.1 Å². The van der Waals surface area contributed by atoms with Crippen molar-refractivity contribution in [2.24, 2.45) is 0 Å². The number of phenols is 1.